The third-order valence-corrected chi connectivity index (χ3v) is 3.36. The van der Waals surface area contributed by atoms with Crippen molar-refractivity contribution in [1.29, 1.82) is 0 Å². The fraction of sp³-hybridized carbons (Fsp3) is 1.00. The number of hydrogen-bond donors (Lipinski definition) is 1. The molecular weight excluding hydrogens is 150 g/mol. The topological polar surface area (TPSA) is 23.5 Å². The van der Waals surface area contributed by atoms with E-state index in [4.69, 9.17) is 0 Å². The van der Waals surface area contributed by atoms with Crippen LogP contribution in [0.4, 0.5) is 0 Å². The van der Waals surface area contributed by atoms with Crippen LogP contribution in [0.25, 0.3) is 0 Å². The SMILES string of the molecule is CC1CC(N2CCC(O)CC2)C1. The van der Waals surface area contributed by atoms with E-state index in [1.54, 1.807) is 0 Å². The van der Waals surface area contributed by atoms with Gasteiger partial charge in [0.25, 0.3) is 0 Å². The molecule has 0 amide bonds. The van der Waals surface area contributed by atoms with Crippen LogP contribution in [0.2, 0.25) is 0 Å². The van der Waals surface area contributed by atoms with E-state index in [9.17, 15) is 5.11 Å². The van der Waals surface area contributed by atoms with Crippen molar-refractivity contribution in [3.63, 3.8) is 0 Å². The van der Waals surface area contributed by atoms with Crippen LogP contribution in [0, 0.1) is 5.92 Å². The molecule has 0 atom stereocenters. The van der Waals surface area contributed by atoms with Crippen molar-refractivity contribution >= 4 is 0 Å². The first-order valence-corrected chi connectivity index (χ1v) is 5.18. The number of nitrogens with zero attached hydrogens (tertiary/aromatic N) is 1. The van der Waals surface area contributed by atoms with Crippen LogP contribution in [-0.4, -0.2) is 35.2 Å². The molecule has 2 fully saturated rings. The third-order valence-electron chi connectivity index (χ3n) is 3.36. The molecule has 1 aliphatic carbocycles. The molecule has 12 heavy (non-hydrogen) atoms. The Bertz CT molecular complexity index is 146. The first-order valence-electron chi connectivity index (χ1n) is 5.18. The number of piperidine rings is 1. The molecule has 2 heteroatoms. The second-order valence-corrected chi connectivity index (χ2v) is 4.50. The monoisotopic (exact) mass is 169 g/mol. The Morgan fingerprint density at radius 2 is 1.75 bits per heavy atom. The van der Waals surface area contributed by atoms with Gasteiger partial charge in [-0.15, -0.1) is 0 Å². The van der Waals surface area contributed by atoms with Gasteiger partial charge in [-0.1, -0.05) is 6.92 Å². The molecule has 1 N–H and O–H groups in total. The summed E-state index contributed by atoms with van der Waals surface area (Å²) < 4.78 is 0. The molecule has 70 valence electrons. The first kappa shape index (κ1) is 8.52. The number of aliphatic hydroxyl groups excluding tert-OH is 1. The maximum absolute atomic E-state index is 9.32. The van der Waals surface area contributed by atoms with Crippen molar-refractivity contribution in [2.24, 2.45) is 5.92 Å². The van der Waals surface area contributed by atoms with Gasteiger partial charge in [-0.2, -0.15) is 0 Å². The Morgan fingerprint density at radius 3 is 2.25 bits per heavy atom. The van der Waals surface area contributed by atoms with Crippen molar-refractivity contribution in [3.8, 4) is 0 Å². The van der Waals surface area contributed by atoms with E-state index in [1.807, 2.05) is 0 Å². The van der Waals surface area contributed by atoms with Gasteiger partial charge in [0.05, 0.1) is 6.10 Å². The highest BCUT2D eigenvalue weighted by Crippen LogP contribution is 2.32. The number of aliphatic hydroxyl groups is 1. The lowest BCUT2D eigenvalue weighted by Gasteiger charge is -2.44. The molecule has 1 heterocycles. The van der Waals surface area contributed by atoms with E-state index in [0.717, 1.165) is 37.9 Å². The Labute approximate surface area is 74.6 Å². The summed E-state index contributed by atoms with van der Waals surface area (Å²) in [6.45, 7) is 4.58. The van der Waals surface area contributed by atoms with Gasteiger partial charge in [0.2, 0.25) is 0 Å². The van der Waals surface area contributed by atoms with Gasteiger partial charge in [-0.3, -0.25) is 0 Å². The smallest absolute Gasteiger partial charge is 0.0564 e. The van der Waals surface area contributed by atoms with Crippen molar-refractivity contribution in [3.05, 3.63) is 0 Å². The van der Waals surface area contributed by atoms with Gasteiger partial charge in [-0.25, -0.2) is 0 Å². The largest absolute Gasteiger partial charge is 0.393 e. The van der Waals surface area contributed by atoms with Crippen LogP contribution >= 0.6 is 0 Å². The van der Waals surface area contributed by atoms with Gasteiger partial charge in [-0.05, 0) is 31.6 Å². The zero-order valence-electron chi connectivity index (χ0n) is 7.87. The van der Waals surface area contributed by atoms with Crippen LogP contribution in [0.1, 0.15) is 32.6 Å². The van der Waals surface area contributed by atoms with Crippen LogP contribution < -0.4 is 0 Å². The molecule has 2 aliphatic rings. The van der Waals surface area contributed by atoms with Crippen LogP contribution in [0.3, 0.4) is 0 Å². The summed E-state index contributed by atoms with van der Waals surface area (Å²) in [6.07, 6.45) is 4.74. The highest BCUT2D eigenvalue weighted by Gasteiger charge is 2.32. The molecule has 2 rings (SSSR count). The fourth-order valence-corrected chi connectivity index (χ4v) is 2.41. The van der Waals surface area contributed by atoms with Gasteiger partial charge in [0.15, 0.2) is 0 Å². The Kier molecular flexibility index (Phi) is 2.37. The van der Waals surface area contributed by atoms with Crippen molar-refractivity contribution in [1.82, 2.24) is 4.90 Å². The fourth-order valence-electron chi connectivity index (χ4n) is 2.41. The predicted octanol–water partition coefficient (Wildman–Crippen LogP) is 1.24. The molecule has 0 unspecified atom stereocenters. The van der Waals surface area contributed by atoms with E-state index < -0.39 is 0 Å². The molecule has 1 saturated carbocycles. The van der Waals surface area contributed by atoms with Gasteiger partial charge in [0.1, 0.15) is 0 Å². The van der Waals surface area contributed by atoms with Crippen molar-refractivity contribution in [2.75, 3.05) is 13.1 Å². The lowest BCUT2D eigenvalue weighted by molar-refractivity contribution is 0.0215. The first-order chi connectivity index (χ1) is 5.75. The van der Waals surface area contributed by atoms with Gasteiger partial charge in [0, 0.05) is 19.1 Å². The minimum atomic E-state index is -0.0150. The van der Waals surface area contributed by atoms with E-state index in [0.29, 0.717) is 0 Å². The molecule has 0 aromatic carbocycles. The maximum Gasteiger partial charge on any atom is 0.0564 e. The average Bonchev–Trinajstić information content (AvgIpc) is 2.01. The molecular formula is C10H19NO. The summed E-state index contributed by atoms with van der Waals surface area (Å²) in [5.41, 5.74) is 0. The molecule has 1 aliphatic heterocycles. The number of rotatable bonds is 1. The minimum Gasteiger partial charge on any atom is -0.393 e. The number of likely N-dealkylation sites (tertiary alicyclic amines) is 1. The average molecular weight is 169 g/mol. The second kappa shape index (κ2) is 3.35. The Hall–Kier alpha value is -0.0800. The number of hydrogen-bond acceptors (Lipinski definition) is 2. The molecule has 0 aromatic heterocycles. The Balaban J connectivity index is 1.75. The molecule has 0 radical (unpaired) electrons. The highest BCUT2D eigenvalue weighted by atomic mass is 16.3. The van der Waals surface area contributed by atoms with Crippen LogP contribution in [0.15, 0.2) is 0 Å². The summed E-state index contributed by atoms with van der Waals surface area (Å²) in [6, 6.07) is 0.854. The lowest BCUT2D eigenvalue weighted by Crippen LogP contribution is -2.48. The minimum absolute atomic E-state index is 0.0150. The highest BCUT2D eigenvalue weighted by molar-refractivity contribution is 4.87. The molecule has 0 spiro atoms. The van der Waals surface area contributed by atoms with Crippen LogP contribution in [0.5, 0.6) is 0 Å². The third kappa shape index (κ3) is 1.64. The quantitative estimate of drug-likeness (QED) is 0.638. The van der Waals surface area contributed by atoms with Crippen molar-refractivity contribution < 1.29 is 5.11 Å². The Morgan fingerprint density at radius 1 is 1.17 bits per heavy atom. The summed E-state index contributed by atoms with van der Waals surface area (Å²) in [4.78, 5) is 2.56. The van der Waals surface area contributed by atoms with Gasteiger partial charge >= 0.3 is 0 Å². The second-order valence-electron chi connectivity index (χ2n) is 4.50. The maximum atomic E-state index is 9.32. The van der Waals surface area contributed by atoms with E-state index in [2.05, 4.69) is 11.8 Å². The lowest BCUT2D eigenvalue weighted by atomic mass is 9.80. The van der Waals surface area contributed by atoms with Crippen molar-refractivity contribution in [2.45, 2.75) is 44.8 Å². The zero-order valence-corrected chi connectivity index (χ0v) is 7.87. The molecule has 1 saturated heterocycles. The zero-order chi connectivity index (χ0) is 8.55. The van der Waals surface area contributed by atoms with Crippen LogP contribution in [-0.2, 0) is 0 Å². The van der Waals surface area contributed by atoms with E-state index in [1.165, 1.54) is 12.8 Å². The van der Waals surface area contributed by atoms with E-state index in [-0.39, 0.29) is 6.10 Å². The standard InChI is InChI=1S/C10H19NO/c1-8-6-9(7-8)11-4-2-10(12)3-5-11/h8-10,12H,2-7H2,1H3. The summed E-state index contributed by atoms with van der Waals surface area (Å²) in [5, 5.41) is 9.32. The summed E-state index contributed by atoms with van der Waals surface area (Å²) >= 11 is 0. The van der Waals surface area contributed by atoms with E-state index >= 15 is 0 Å². The summed E-state index contributed by atoms with van der Waals surface area (Å²) in [7, 11) is 0. The summed E-state index contributed by atoms with van der Waals surface area (Å²) in [5.74, 6) is 0.946. The predicted molar refractivity (Wildman–Crippen MR) is 49.0 cm³/mol. The molecule has 2 nitrogen and oxygen atoms in total. The molecule has 0 bridgehead atoms. The molecule has 0 aromatic rings. The van der Waals surface area contributed by atoms with Gasteiger partial charge < -0.3 is 10.0 Å². The normalized spacial score (nSPS) is 39.5.